The van der Waals surface area contributed by atoms with Gasteiger partial charge in [0, 0.05) is 11.7 Å². The fourth-order valence-electron chi connectivity index (χ4n) is 3.52. The molecule has 2 amide bonds. The fraction of sp³-hybridized carbons (Fsp3) is 0.579. The number of halogens is 1. The van der Waals surface area contributed by atoms with Crippen LogP contribution in [0.4, 0.5) is 10.1 Å². The molecule has 1 aromatic carbocycles. The maximum absolute atomic E-state index is 12.9. The highest BCUT2D eigenvalue weighted by Crippen LogP contribution is 2.32. The van der Waals surface area contributed by atoms with E-state index >= 15 is 0 Å². The predicted octanol–water partition coefficient (Wildman–Crippen LogP) is -1.54. The first kappa shape index (κ1) is 18.8. The van der Waals surface area contributed by atoms with Gasteiger partial charge in [-0.2, -0.15) is 0 Å². The van der Waals surface area contributed by atoms with Gasteiger partial charge in [0.05, 0.1) is 0 Å². The Morgan fingerprint density at radius 2 is 1.58 bits per heavy atom. The van der Waals surface area contributed by atoms with Gasteiger partial charge >= 0.3 is 0 Å². The first-order valence-corrected chi connectivity index (χ1v) is 9.51. The molecule has 1 aromatic rings. The maximum Gasteiger partial charge on any atom is 0.279 e. The van der Waals surface area contributed by atoms with Gasteiger partial charge in [-0.3, -0.25) is 9.59 Å². The van der Waals surface area contributed by atoms with E-state index in [1.165, 1.54) is 34.8 Å². The quantitative estimate of drug-likeness (QED) is 0.474. The summed E-state index contributed by atoms with van der Waals surface area (Å²) >= 11 is 0. The molecule has 1 aliphatic carbocycles. The monoisotopic (exact) mass is 364 g/mol. The minimum atomic E-state index is -0.316. The van der Waals surface area contributed by atoms with Gasteiger partial charge in [0.2, 0.25) is 0 Å². The second-order valence-electron chi connectivity index (χ2n) is 7.60. The average Bonchev–Trinajstić information content (AvgIpc) is 3.44. The molecule has 1 saturated heterocycles. The van der Waals surface area contributed by atoms with Gasteiger partial charge in [-0.15, -0.1) is 0 Å². The Morgan fingerprint density at radius 1 is 1.04 bits per heavy atom. The van der Waals surface area contributed by atoms with E-state index in [9.17, 15) is 14.0 Å². The zero-order chi connectivity index (χ0) is 18.5. The van der Waals surface area contributed by atoms with Crippen molar-refractivity contribution in [2.45, 2.75) is 25.8 Å². The Labute approximate surface area is 153 Å². The zero-order valence-corrected chi connectivity index (χ0v) is 15.3. The number of rotatable bonds is 7. The Hall–Kier alpha value is -1.99. The number of benzene rings is 1. The fourth-order valence-corrected chi connectivity index (χ4v) is 3.52. The van der Waals surface area contributed by atoms with Crippen molar-refractivity contribution >= 4 is 17.5 Å². The molecule has 1 atom stereocenters. The molecular weight excluding hydrogens is 335 g/mol. The van der Waals surface area contributed by atoms with Gasteiger partial charge in [0.25, 0.3) is 11.8 Å². The molecule has 0 unspecified atom stereocenters. The van der Waals surface area contributed by atoms with Crippen LogP contribution in [-0.4, -0.2) is 57.1 Å². The Morgan fingerprint density at radius 3 is 2.12 bits per heavy atom. The third-order valence-electron chi connectivity index (χ3n) is 5.33. The van der Waals surface area contributed by atoms with Crippen molar-refractivity contribution in [3.63, 3.8) is 0 Å². The van der Waals surface area contributed by atoms with E-state index in [1.807, 2.05) is 0 Å². The summed E-state index contributed by atoms with van der Waals surface area (Å²) in [4.78, 5) is 26.7. The van der Waals surface area contributed by atoms with E-state index < -0.39 is 0 Å². The van der Waals surface area contributed by atoms with Crippen LogP contribution in [0.25, 0.3) is 0 Å². The molecule has 0 radical (unpaired) electrons. The SMILES string of the molecule is C[C@H](NC(=O)C[NH+]1CC[NH+](CC(=O)Nc2ccc(F)cc2)CC1)C1CC1. The molecule has 1 aliphatic heterocycles. The molecule has 1 saturated carbocycles. The third-order valence-corrected chi connectivity index (χ3v) is 5.33. The van der Waals surface area contributed by atoms with Crippen molar-refractivity contribution in [3.8, 4) is 0 Å². The van der Waals surface area contributed by atoms with Crippen molar-refractivity contribution in [3.05, 3.63) is 30.1 Å². The summed E-state index contributed by atoms with van der Waals surface area (Å²) in [5.41, 5.74) is 0.613. The lowest BCUT2D eigenvalue weighted by atomic mass is 10.2. The standard InChI is InChI=1S/C19H27FN4O2/c1-14(15-2-3-15)21-18(25)12-23-8-10-24(11-9-23)13-19(26)22-17-6-4-16(20)5-7-17/h4-7,14-15H,2-3,8-13H2,1H3,(H,21,25)(H,22,26)/p+2/t14-/m0/s1. The molecule has 7 heteroatoms. The van der Waals surface area contributed by atoms with Crippen LogP contribution >= 0.6 is 0 Å². The van der Waals surface area contributed by atoms with Crippen molar-refractivity contribution in [2.75, 3.05) is 44.6 Å². The topological polar surface area (TPSA) is 67.1 Å². The lowest BCUT2D eigenvalue weighted by Crippen LogP contribution is -3.28. The van der Waals surface area contributed by atoms with Gasteiger partial charge in [-0.25, -0.2) is 4.39 Å². The number of carbonyl (C=O) groups is 2. The van der Waals surface area contributed by atoms with Crippen molar-refractivity contribution in [1.82, 2.24) is 5.32 Å². The maximum atomic E-state index is 12.9. The molecule has 0 bridgehead atoms. The van der Waals surface area contributed by atoms with Crippen molar-refractivity contribution in [1.29, 1.82) is 0 Å². The number of carbonyl (C=O) groups excluding carboxylic acids is 2. The minimum absolute atomic E-state index is 0.0638. The second-order valence-corrected chi connectivity index (χ2v) is 7.60. The van der Waals surface area contributed by atoms with Crippen LogP contribution in [0, 0.1) is 11.7 Å². The summed E-state index contributed by atoms with van der Waals surface area (Å²) in [5.74, 6) is 0.432. The third kappa shape index (κ3) is 5.78. The van der Waals surface area contributed by atoms with E-state index in [1.54, 1.807) is 12.1 Å². The molecule has 2 aliphatic rings. The number of hydrogen-bond donors (Lipinski definition) is 4. The van der Waals surface area contributed by atoms with Crippen LogP contribution in [0.3, 0.4) is 0 Å². The van der Waals surface area contributed by atoms with Crippen molar-refractivity contribution < 1.29 is 23.8 Å². The largest absolute Gasteiger partial charge is 0.348 e. The van der Waals surface area contributed by atoms with Gasteiger partial charge in [-0.05, 0) is 49.9 Å². The molecule has 2 fully saturated rings. The van der Waals surface area contributed by atoms with E-state index in [2.05, 4.69) is 17.6 Å². The number of amides is 2. The highest BCUT2D eigenvalue weighted by molar-refractivity contribution is 5.91. The Bertz CT molecular complexity index is 625. The smallest absolute Gasteiger partial charge is 0.279 e. The zero-order valence-electron chi connectivity index (χ0n) is 15.3. The highest BCUT2D eigenvalue weighted by Gasteiger charge is 2.31. The first-order chi connectivity index (χ1) is 12.5. The average molecular weight is 364 g/mol. The van der Waals surface area contributed by atoms with Crippen molar-refractivity contribution in [2.24, 2.45) is 5.92 Å². The summed E-state index contributed by atoms with van der Waals surface area (Å²) in [5, 5.41) is 5.91. The summed E-state index contributed by atoms with van der Waals surface area (Å²) in [7, 11) is 0. The molecule has 142 valence electrons. The molecule has 6 nitrogen and oxygen atoms in total. The van der Waals surface area contributed by atoms with Crippen LogP contribution in [0.15, 0.2) is 24.3 Å². The molecule has 0 spiro atoms. The minimum Gasteiger partial charge on any atom is -0.348 e. The number of anilines is 1. The molecule has 26 heavy (non-hydrogen) atoms. The number of quaternary nitrogens is 2. The van der Waals surface area contributed by atoms with E-state index in [-0.39, 0.29) is 17.6 Å². The Kier molecular flexibility index (Phi) is 6.21. The van der Waals surface area contributed by atoms with Gasteiger partial charge in [0.15, 0.2) is 13.1 Å². The van der Waals surface area contributed by atoms with Gasteiger partial charge < -0.3 is 20.4 Å². The van der Waals surface area contributed by atoms with Gasteiger partial charge in [0.1, 0.15) is 32.0 Å². The summed E-state index contributed by atoms with van der Waals surface area (Å²) in [6, 6.07) is 6.08. The molecule has 1 heterocycles. The van der Waals surface area contributed by atoms with E-state index in [0.29, 0.717) is 30.7 Å². The normalized spacial score (nSPS) is 23.9. The highest BCUT2D eigenvalue weighted by atomic mass is 19.1. The first-order valence-electron chi connectivity index (χ1n) is 9.51. The van der Waals surface area contributed by atoms with Crippen LogP contribution in [-0.2, 0) is 9.59 Å². The Balaban J connectivity index is 1.34. The van der Waals surface area contributed by atoms with E-state index in [0.717, 1.165) is 26.2 Å². The summed E-state index contributed by atoms with van der Waals surface area (Å²) in [6.07, 6.45) is 2.46. The molecule has 3 rings (SSSR count). The number of hydrogen-bond acceptors (Lipinski definition) is 2. The lowest BCUT2D eigenvalue weighted by molar-refractivity contribution is -1.00. The molecular formula is C19H29FN4O2+2. The molecule has 0 aromatic heterocycles. The van der Waals surface area contributed by atoms with Crippen LogP contribution < -0.4 is 20.4 Å². The van der Waals surface area contributed by atoms with Gasteiger partial charge in [-0.1, -0.05) is 0 Å². The predicted molar refractivity (Wildman–Crippen MR) is 96.5 cm³/mol. The lowest BCUT2D eigenvalue weighted by Gasteiger charge is -2.29. The second kappa shape index (κ2) is 8.60. The number of piperazine rings is 1. The van der Waals surface area contributed by atoms with Crippen LogP contribution in [0.1, 0.15) is 19.8 Å². The molecule has 4 N–H and O–H groups in total. The van der Waals surface area contributed by atoms with Crippen LogP contribution in [0.2, 0.25) is 0 Å². The summed E-state index contributed by atoms with van der Waals surface area (Å²) in [6.45, 7) is 6.54. The summed E-state index contributed by atoms with van der Waals surface area (Å²) < 4.78 is 12.9. The van der Waals surface area contributed by atoms with Crippen LogP contribution in [0.5, 0.6) is 0 Å². The van der Waals surface area contributed by atoms with E-state index in [4.69, 9.17) is 0 Å². The number of nitrogens with one attached hydrogen (secondary N) is 4.